The largest absolute Gasteiger partial charge is 0.322 e. The molecular formula is C14H10BrClFNO. The van der Waals surface area contributed by atoms with Crippen LogP contribution in [0.25, 0.3) is 0 Å². The molecule has 0 radical (unpaired) electrons. The number of halogens is 3. The number of anilines is 1. The van der Waals surface area contributed by atoms with Gasteiger partial charge >= 0.3 is 0 Å². The molecule has 0 atom stereocenters. The van der Waals surface area contributed by atoms with Crippen molar-refractivity contribution >= 4 is 39.1 Å². The molecule has 2 aromatic carbocycles. The zero-order valence-electron chi connectivity index (χ0n) is 9.79. The van der Waals surface area contributed by atoms with Gasteiger partial charge in [0.2, 0.25) is 0 Å². The third-order valence-corrected chi connectivity index (χ3v) is 3.50. The molecule has 0 aliphatic carbocycles. The Bertz CT molecular complexity index is 601. The van der Waals surface area contributed by atoms with Crippen molar-refractivity contribution in [2.45, 2.75) is 5.33 Å². The van der Waals surface area contributed by atoms with Gasteiger partial charge < -0.3 is 5.32 Å². The summed E-state index contributed by atoms with van der Waals surface area (Å²) in [5, 5.41) is 3.38. The summed E-state index contributed by atoms with van der Waals surface area (Å²) in [5.41, 5.74) is 1.96. The SMILES string of the molecule is O=C(Nc1ccc(Cl)c(F)c1)c1ccc(CBr)cc1. The van der Waals surface area contributed by atoms with Crippen LogP contribution in [0.2, 0.25) is 5.02 Å². The second kappa shape index (κ2) is 6.17. The van der Waals surface area contributed by atoms with Crippen LogP contribution in [0, 0.1) is 5.82 Å². The van der Waals surface area contributed by atoms with Gasteiger partial charge in [0.25, 0.3) is 5.91 Å². The summed E-state index contributed by atoms with van der Waals surface area (Å²) in [5.74, 6) is -0.850. The van der Waals surface area contributed by atoms with E-state index < -0.39 is 5.82 Å². The van der Waals surface area contributed by atoms with E-state index in [1.165, 1.54) is 12.1 Å². The summed E-state index contributed by atoms with van der Waals surface area (Å²) in [6, 6.07) is 11.3. The molecule has 1 amide bonds. The fourth-order valence-corrected chi connectivity index (χ4v) is 2.01. The molecule has 0 bridgehead atoms. The lowest BCUT2D eigenvalue weighted by Gasteiger charge is -2.06. The first-order valence-corrected chi connectivity index (χ1v) is 7.01. The van der Waals surface area contributed by atoms with Crippen LogP contribution in [0.4, 0.5) is 10.1 Å². The lowest BCUT2D eigenvalue weighted by atomic mass is 10.1. The van der Waals surface area contributed by atoms with Crippen molar-refractivity contribution in [3.63, 3.8) is 0 Å². The number of hydrogen-bond donors (Lipinski definition) is 1. The number of alkyl halides is 1. The highest BCUT2D eigenvalue weighted by atomic mass is 79.9. The fraction of sp³-hybridized carbons (Fsp3) is 0.0714. The van der Waals surface area contributed by atoms with Crippen LogP contribution in [0.15, 0.2) is 42.5 Å². The summed E-state index contributed by atoms with van der Waals surface area (Å²) in [6.07, 6.45) is 0. The van der Waals surface area contributed by atoms with E-state index >= 15 is 0 Å². The predicted octanol–water partition coefficient (Wildman–Crippen LogP) is 4.63. The van der Waals surface area contributed by atoms with Crippen LogP contribution in [0.3, 0.4) is 0 Å². The molecule has 0 unspecified atom stereocenters. The Morgan fingerprint density at radius 3 is 2.47 bits per heavy atom. The Labute approximate surface area is 123 Å². The van der Waals surface area contributed by atoms with Crippen LogP contribution in [0.5, 0.6) is 0 Å². The Balaban J connectivity index is 2.13. The normalized spacial score (nSPS) is 10.3. The van der Waals surface area contributed by atoms with Gasteiger partial charge in [-0.3, -0.25) is 4.79 Å². The molecule has 0 saturated heterocycles. The monoisotopic (exact) mass is 341 g/mol. The van der Waals surface area contributed by atoms with E-state index in [4.69, 9.17) is 11.6 Å². The summed E-state index contributed by atoms with van der Waals surface area (Å²) in [6.45, 7) is 0. The third kappa shape index (κ3) is 3.55. The molecule has 0 aliphatic heterocycles. The van der Waals surface area contributed by atoms with E-state index in [9.17, 15) is 9.18 Å². The predicted molar refractivity (Wildman–Crippen MR) is 78.4 cm³/mol. The molecule has 0 spiro atoms. The van der Waals surface area contributed by atoms with E-state index in [1.54, 1.807) is 18.2 Å². The van der Waals surface area contributed by atoms with E-state index in [0.717, 1.165) is 10.9 Å². The average Bonchev–Trinajstić information content (AvgIpc) is 2.43. The molecule has 19 heavy (non-hydrogen) atoms. The second-order valence-corrected chi connectivity index (χ2v) is 4.88. The Morgan fingerprint density at radius 1 is 1.21 bits per heavy atom. The number of amides is 1. The van der Waals surface area contributed by atoms with Gasteiger partial charge in [-0.15, -0.1) is 0 Å². The number of benzene rings is 2. The fourth-order valence-electron chi connectivity index (χ4n) is 1.52. The molecule has 1 N–H and O–H groups in total. The van der Waals surface area contributed by atoms with Gasteiger partial charge in [0.05, 0.1) is 5.02 Å². The maximum Gasteiger partial charge on any atom is 0.255 e. The Morgan fingerprint density at radius 2 is 1.89 bits per heavy atom. The molecule has 0 saturated carbocycles. The van der Waals surface area contributed by atoms with Crippen LogP contribution in [0.1, 0.15) is 15.9 Å². The van der Waals surface area contributed by atoms with Crippen molar-refractivity contribution in [1.29, 1.82) is 0 Å². The Kier molecular flexibility index (Phi) is 4.56. The second-order valence-electron chi connectivity index (χ2n) is 3.91. The highest BCUT2D eigenvalue weighted by Crippen LogP contribution is 2.19. The zero-order chi connectivity index (χ0) is 13.8. The van der Waals surface area contributed by atoms with Gasteiger partial charge in [-0.2, -0.15) is 0 Å². The van der Waals surface area contributed by atoms with E-state index in [1.807, 2.05) is 12.1 Å². The standard InChI is InChI=1S/C14H10BrClFNO/c15-8-9-1-3-10(4-2-9)14(19)18-11-5-6-12(16)13(17)7-11/h1-7H,8H2,(H,18,19). The minimum atomic E-state index is -0.561. The van der Waals surface area contributed by atoms with E-state index in [-0.39, 0.29) is 10.9 Å². The highest BCUT2D eigenvalue weighted by Gasteiger charge is 2.07. The van der Waals surface area contributed by atoms with Crippen molar-refractivity contribution in [1.82, 2.24) is 0 Å². The summed E-state index contributed by atoms with van der Waals surface area (Å²) < 4.78 is 13.2. The van der Waals surface area contributed by atoms with Crippen LogP contribution >= 0.6 is 27.5 Å². The van der Waals surface area contributed by atoms with Crippen LogP contribution < -0.4 is 5.32 Å². The highest BCUT2D eigenvalue weighted by molar-refractivity contribution is 9.08. The molecule has 5 heteroatoms. The number of carbonyl (C=O) groups excluding carboxylic acids is 1. The minimum Gasteiger partial charge on any atom is -0.322 e. The van der Waals surface area contributed by atoms with Gasteiger partial charge in [-0.25, -0.2) is 4.39 Å². The maximum absolute atomic E-state index is 13.2. The van der Waals surface area contributed by atoms with Gasteiger partial charge in [-0.1, -0.05) is 39.7 Å². The molecular weight excluding hydrogens is 333 g/mol. The zero-order valence-corrected chi connectivity index (χ0v) is 12.1. The smallest absolute Gasteiger partial charge is 0.255 e. The van der Waals surface area contributed by atoms with Gasteiger partial charge in [-0.05, 0) is 35.9 Å². The molecule has 0 heterocycles. The van der Waals surface area contributed by atoms with Crippen molar-refractivity contribution in [3.8, 4) is 0 Å². The van der Waals surface area contributed by atoms with Crippen LogP contribution in [-0.4, -0.2) is 5.91 Å². The maximum atomic E-state index is 13.2. The third-order valence-electron chi connectivity index (χ3n) is 2.55. The number of nitrogens with one attached hydrogen (secondary N) is 1. The van der Waals surface area contributed by atoms with Gasteiger partial charge in [0.15, 0.2) is 0 Å². The lowest BCUT2D eigenvalue weighted by molar-refractivity contribution is 0.102. The quantitative estimate of drug-likeness (QED) is 0.810. The molecule has 2 rings (SSSR count). The Hall–Kier alpha value is -1.39. The molecule has 0 aromatic heterocycles. The number of rotatable bonds is 3. The van der Waals surface area contributed by atoms with Gasteiger partial charge in [0, 0.05) is 16.6 Å². The molecule has 2 nitrogen and oxygen atoms in total. The van der Waals surface area contributed by atoms with Crippen molar-refractivity contribution in [2.75, 3.05) is 5.32 Å². The first-order valence-electron chi connectivity index (χ1n) is 5.51. The summed E-state index contributed by atoms with van der Waals surface area (Å²) >= 11 is 8.91. The topological polar surface area (TPSA) is 29.1 Å². The van der Waals surface area contributed by atoms with E-state index in [2.05, 4.69) is 21.2 Å². The summed E-state index contributed by atoms with van der Waals surface area (Å²) in [7, 11) is 0. The molecule has 2 aromatic rings. The average molecular weight is 343 g/mol. The summed E-state index contributed by atoms with van der Waals surface area (Å²) in [4.78, 5) is 11.9. The number of hydrogen-bond acceptors (Lipinski definition) is 1. The van der Waals surface area contributed by atoms with Gasteiger partial charge in [0.1, 0.15) is 5.82 Å². The lowest BCUT2D eigenvalue weighted by Crippen LogP contribution is -2.11. The van der Waals surface area contributed by atoms with E-state index in [0.29, 0.717) is 11.3 Å². The van der Waals surface area contributed by atoms with Crippen molar-refractivity contribution < 1.29 is 9.18 Å². The first kappa shape index (κ1) is 14.0. The molecule has 0 fully saturated rings. The number of carbonyl (C=O) groups is 1. The molecule has 0 aliphatic rings. The van der Waals surface area contributed by atoms with Crippen molar-refractivity contribution in [2.24, 2.45) is 0 Å². The molecule has 98 valence electrons. The minimum absolute atomic E-state index is 0.0275. The first-order chi connectivity index (χ1) is 9.10. The van der Waals surface area contributed by atoms with Crippen molar-refractivity contribution in [3.05, 3.63) is 64.4 Å². The van der Waals surface area contributed by atoms with Crippen LogP contribution in [-0.2, 0) is 5.33 Å².